The topological polar surface area (TPSA) is 118 Å². The van der Waals surface area contributed by atoms with Crippen LogP contribution in [0.4, 0.5) is 5.69 Å². The van der Waals surface area contributed by atoms with Gasteiger partial charge in [0, 0.05) is 19.2 Å². The lowest BCUT2D eigenvalue weighted by Crippen LogP contribution is -2.45. The second kappa shape index (κ2) is 9.18. The van der Waals surface area contributed by atoms with Crippen molar-refractivity contribution in [2.45, 2.75) is 57.6 Å². The van der Waals surface area contributed by atoms with Crippen molar-refractivity contribution >= 4 is 27.5 Å². The van der Waals surface area contributed by atoms with E-state index < -0.39 is 22.0 Å². The number of nitrogens with zero attached hydrogens (tertiary/aromatic N) is 1. The summed E-state index contributed by atoms with van der Waals surface area (Å²) in [5.41, 5.74) is 0.970. The molecule has 9 nitrogen and oxygen atoms in total. The number of aryl methyl sites for hydroxylation is 2. The second-order valence-corrected chi connectivity index (χ2v) is 10.5. The highest BCUT2D eigenvalue weighted by molar-refractivity contribution is 7.89. The Balaban J connectivity index is 1.50. The summed E-state index contributed by atoms with van der Waals surface area (Å²) < 4.78 is 39.6. The van der Waals surface area contributed by atoms with E-state index in [2.05, 4.69) is 10.6 Å². The second-order valence-electron chi connectivity index (χ2n) is 8.55. The van der Waals surface area contributed by atoms with Gasteiger partial charge in [0.1, 0.15) is 17.3 Å². The van der Waals surface area contributed by atoms with Crippen LogP contribution >= 0.6 is 0 Å². The van der Waals surface area contributed by atoms with Crippen LogP contribution in [0.25, 0.3) is 0 Å². The summed E-state index contributed by atoms with van der Waals surface area (Å²) in [6.07, 6.45) is 1.02. The molecule has 2 N–H and O–H groups in total. The van der Waals surface area contributed by atoms with Gasteiger partial charge >= 0.3 is 0 Å². The molecule has 2 amide bonds. The van der Waals surface area contributed by atoms with Gasteiger partial charge in [0.2, 0.25) is 15.9 Å². The Labute approximate surface area is 193 Å². The first-order valence-corrected chi connectivity index (χ1v) is 12.6. The molecule has 178 valence electrons. The van der Waals surface area contributed by atoms with Gasteiger partial charge in [0.25, 0.3) is 5.91 Å². The maximum Gasteiger partial charge on any atom is 0.265 e. The number of rotatable bonds is 6. The molecule has 0 saturated carbocycles. The number of piperidine rings is 1. The summed E-state index contributed by atoms with van der Waals surface area (Å²) in [5.74, 6) is 0.887. The van der Waals surface area contributed by atoms with E-state index in [1.54, 1.807) is 19.1 Å². The van der Waals surface area contributed by atoms with Crippen LogP contribution in [0.5, 0.6) is 5.75 Å². The molecule has 2 aliphatic rings. The summed E-state index contributed by atoms with van der Waals surface area (Å²) >= 11 is 0. The van der Waals surface area contributed by atoms with Gasteiger partial charge in [0.15, 0.2) is 6.10 Å². The van der Waals surface area contributed by atoms with E-state index in [-0.39, 0.29) is 29.8 Å². The zero-order valence-corrected chi connectivity index (χ0v) is 19.8. The van der Waals surface area contributed by atoms with Gasteiger partial charge in [0.05, 0.1) is 23.0 Å². The number of carbonyl (C=O) groups is 2. The average molecular weight is 476 g/mol. The first-order valence-electron chi connectivity index (χ1n) is 11.1. The highest BCUT2D eigenvalue weighted by Crippen LogP contribution is 2.36. The van der Waals surface area contributed by atoms with Crippen molar-refractivity contribution in [3.8, 4) is 5.75 Å². The molecule has 1 saturated heterocycles. The number of hydrogen-bond acceptors (Lipinski definition) is 6. The van der Waals surface area contributed by atoms with Crippen molar-refractivity contribution in [2.24, 2.45) is 5.92 Å². The van der Waals surface area contributed by atoms with Crippen LogP contribution in [0.15, 0.2) is 33.6 Å². The smallest absolute Gasteiger partial charge is 0.265 e. The molecule has 2 atom stereocenters. The summed E-state index contributed by atoms with van der Waals surface area (Å²) in [6.45, 7) is 6.06. The number of benzene rings is 1. The van der Waals surface area contributed by atoms with Gasteiger partial charge in [-0.3, -0.25) is 9.59 Å². The van der Waals surface area contributed by atoms with Crippen molar-refractivity contribution in [3.05, 3.63) is 41.3 Å². The Morgan fingerprint density at radius 2 is 2.06 bits per heavy atom. The van der Waals surface area contributed by atoms with Crippen LogP contribution in [-0.4, -0.2) is 43.7 Å². The van der Waals surface area contributed by atoms with Crippen molar-refractivity contribution in [1.82, 2.24) is 9.62 Å². The zero-order valence-electron chi connectivity index (χ0n) is 19.0. The van der Waals surface area contributed by atoms with E-state index >= 15 is 0 Å². The molecule has 4 rings (SSSR count). The Morgan fingerprint density at radius 3 is 2.76 bits per heavy atom. The molecule has 10 heteroatoms. The lowest BCUT2D eigenvalue weighted by molar-refractivity contribution is -0.126. The minimum atomic E-state index is -3.85. The van der Waals surface area contributed by atoms with Gasteiger partial charge in [-0.25, -0.2) is 8.42 Å². The molecule has 1 aromatic carbocycles. The SMILES string of the molecule is CC[C@@H]1Oc2cc(S(=O)(=O)N3CCC[C@H](C(=O)NCc4ccc(C)o4)C3)c(C)cc2NC1=O. The van der Waals surface area contributed by atoms with Gasteiger partial charge in [-0.05, 0) is 56.9 Å². The van der Waals surface area contributed by atoms with Gasteiger partial charge in [-0.1, -0.05) is 6.92 Å². The lowest BCUT2D eigenvalue weighted by atomic mass is 9.99. The van der Waals surface area contributed by atoms with Gasteiger partial charge in [-0.15, -0.1) is 0 Å². The van der Waals surface area contributed by atoms with Crippen LogP contribution < -0.4 is 15.4 Å². The molecular formula is C23H29N3O6S. The van der Waals surface area contributed by atoms with E-state index in [9.17, 15) is 18.0 Å². The highest BCUT2D eigenvalue weighted by Gasteiger charge is 2.35. The van der Waals surface area contributed by atoms with Crippen molar-refractivity contribution < 1.29 is 27.2 Å². The van der Waals surface area contributed by atoms with Crippen molar-refractivity contribution in [1.29, 1.82) is 0 Å². The molecule has 0 unspecified atom stereocenters. The lowest BCUT2D eigenvalue weighted by Gasteiger charge is -2.32. The van der Waals surface area contributed by atoms with E-state index in [1.807, 2.05) is 19.9 Å². The molecule has 0 bridgehead atoms. The maximum absolute atomic E-state index is 13.5. The highest BCUT2D eigenvalue weighted by atomic mass is 32.2. The molecule has 1 fully saturated rings. The van der Waals surface area contributed by atoms with Crippen LogP contribution in [0.3, 0.4) is 0 Å². The molecule has 2 aliphatic heterocycles. The first kappa shape index (κ1) is 23.3. The molecule has 2 aromatic rings. The standard InChI is InChI=1S/C23H29N3O6S/c1-4-19-23(28)25-18-10-14(2)21(11-20(18)32-19)33(29,30)26-9-5-6-16(13-26)22(27)24-12-17-8-7-15(3)31-17/h7-8,10-11,16,19H,4-6,9,12-13H2,1-3H3,(H,24,27)(H,25,28)/t16-,19-/m0/s1. The Hall–Kier alpha value is -2.85. The molecule has 0 spiro atoms. The molecule has 0 radical (unpaired) electrons. The Bertz CT molecular complexity index is 1170. The van der Waals surface area contributed by atoms with E-state index in [4.69, 9.17) is 9.15 Å². The van der Waals surface area contributed by atoms with Crippen LogP contribution in [-0.2, 0) is 26.2 Å². The van der Waals surface area contributed by atoms with E-state index in [0.29, 0.717) is 48.6 Å². The third kappa shape index (κ3) is 4.77. The number of furan rings is 1. The van der Waals surface area contributed by atoms with Crippen molar-refractivity contribution in [2.75, 3.05) is 18.4 Å². The van der Waals surface area contributed by atoms with E-state index in [0.717, 1.165) is 5.76 Å². The number of anilines is 1. The fourth-order valence-corrected chi connectivity index (χ4v) is 5.99. The Kier molecular flexibility index (Phi) is 6.49. The van der Waals surface area contributed by atoms with Gasteiger partial charge in [-0.2, -0.15) is 4.31 Å². The van der Waals surface area contributed by atoms with Crippen molar-refractivity contribution in [3.63, 3.8) is 0 Å². The normalized spacial score (nSPS) is 21.1. The number of amides is 2. The molecule has 3 heterocycles. The third-order valence-electron chi connectivity index (χ3n) is 6.07. The van der Waals surface area contributed by atoms with Crippen LogP contribution in [0.2, 0.25) is 0 Å². The summed E-state index contributed by atoms with van der Waals surface area (Å²) in [6, 6.07) is 6.73. The maximum atomic E-state index is 13.5. The summed E-state index contributed by atoms with van der Waals surface area (Å²) in [5, 5.41) is 5.63. The minimum absolute atomic E-state index is 0.108. The minimum Gasteiger partial charge on any atom is -0.478 e. The predicted octanol–water partition coefficient (Wildman–Crippen LogP) is 2.72. The molecular weight excluding hydrogens is 446 g/mol. The first-order chi connectivity index (χ1) is 15.7. The molecule has 33 heavy (non-hydrogen) atoms. The number of nitrogens with one attached hydrogen (secondary N) is 2. The fourth-order valence-electron chi connectivity index (χ4n) is 4.24. The molecule has 1 aromatic heterocycles. The monoisotopic (exact) mass is 475 g/mol. The fraction of sp³-hybridized carbons (Fsp3) is 0.478. The number of carbonyl (C=O) groups excluding carboxylic acids is 2. The summed E-state index contributed by atoms with van der Waals surface area (Å²) in [7, 11) is -3.85. The number of ether oxygens (including phenoxy) is 1. The van der Waals surface area contributed by atoms with E-state index in [1.165, 1.54) is 10.4 Å². The third-order valence-corrected chi connectivity index (χ3v) is 8.08. The predicted molar refractivity (Wildman–Crippen MR) is 121 cm³/mol. The number of fused-ring (bicyclic) bond motifs is 1. The average Bonchev–Trinajstić information content (AvgIpc) is 3.21. The number of hydrogen-bond donors (Lipinski definition) is 2. The number of sulfonamides is 1. The quantitative estimate of drug-likeness (QED) is 0.663. The summed E-state index contributed by atoms with van der Waals surface area (Å²) in [4.78, 5) is 24.9. The van der Waals surface area contributed by atoms with Crippen LogP contribution in [0.1, 0.15) is 43.3 Å². The van der Waals surface area contributed by atoms with Gasteiger partial charge < -0.3 is 19.8 Å². The molecule has 0 aliphatic carbocycles. The largest absolute Gasteiger partial charge is 0.478 e. The van der Waals surface area contributed by atoms with Crippen LogP contribution in [0, 0.1) is 19.8 Å². The Morgan fingerprint density at radius 1 is 1.27 bits per heavy atom. The zero-order chi connectivity index (χ0) is 23.8.